The maximum absolute atomic E-state index is 4.16. The fourth-order valence-electron chi connectivity index (χ4n) is 0.903. The van der Waals surface area contributed by atoms with Crippen LogP contribution in [0.2, 0.25) is 0 Å². The topological polar surface area (TPSA) is 24.7 Å². The van der Waals surface area contributed by atoms with Crippen LogP contribution in [0, 0.1) is 0 Å². The summed E-state index contributed by atoms with van der Waals surface area (Å²) in [6.45, 7) is 0. The molecule has 0 saturated carbocycles. The van der Waals surface area contributed by atoms with Crippen LogP contribution in [0.1, 0.15) is 0 Å². The smallest absolute Gasteiger partial charge is 0.110 e. The van der Waals surface area contributed by atoms with E-state index in [1.807, 2.05) is 6.21 Å². The number of hydrogen-bond donors (Lipinski definition) is 0. The van der Waals surface area contributed by atoms with Gasteiger partial charge in [-0.25, -0.2) is 4.99 Å². The van der Waals surface area contributed by atoms with E-state index in [0.717, 1.165) is 0 Å². The zero-order chi connectivity index (χ0) is 6.10. The molecule has 0 radical (unpaired) electrons. The van der Waals surface area contributed by atoms with Crippen LogP contribution < -0.4 is 0 Å². The Hall–Kier alpha value is -0.570. The first-order valence-electron chi connectivity index (χ1n) is 2.84. The highest BCUT2D eigenvalue weighted by Crippen LogP contribution is 2.26. The third-order valence-electron chi connectivity index (χ3n) is 1.39. The molecule has 0 spiro atoms. The molecule has 0 aliphatic carbocycles. The second-order valence-electron chi connectivity index (χ2n) is 1.98. The van der Waals surface area contributed by atoms with Crippen molar-refractivity contribution in [2.24, 2.45) is 9.98 Å². The number of fused-ring (bicyclic) bond motifs is 1. The van der Waals surface area contributed by atoms with E-state index in [0.29, 0.717) is 11.3 Å². The van der Waals surface area contributed by atoms with E-state index in [1.165, 1.54) is 0 Å². The Bertz CT molecular complexity index is 195. The highest BCUT2D eigenvalue weighted by atomic mass is 32.2. The van der Waals surface area contributed by atoms with Crippen molar-refractivity contribution in [2.75, 3.05) is 0 Å². The molecule has 2 atom stereocenters. The Morgan fingerprint density at radius 2 is 2.44 bits per heavy atom. The molecule has 0 amide bonds. The Labute approximate surface area is 57.8 Å². The minimum Gasteiger partial charge on any atom is -0.264 e. The molecule has 2 aliphatic rings. The lowest BCUT2D eigenvalue weighted by Crippen LogP contribution is -2.19. The molecule has 0 N–H and O–H groups in total. The zero-order valence-electron chi connectivity index (χ0n) is 4.77. The van der Waals surface area contributed by atoms with Gasteiger partial charge in [0, 0.05) is 6.21 Å². The van der Waals surface area contributed by atoms with Crippen LogP contribution in [-0.2, 0) is 0 Å². The van der Waals surface area contributed by atoms with E-state index in [1.54, 1.807) is 18.1 Å². The highest BCUT2D eigenvalue weighted by Gasteiger charge is 2.21. The molecule has 2 rings (SSSR count). The van der Waals surface area contributed by atoms with Gasteiger partial charge >= 0.3 is 0 Å². The van der Waals surface area contributed by atoms with Gasteiger partial charge in [0.15, 0.2) is 0 Å². The first-order chi connectivity index (χ1) is 4.47. The first-order valence-corrected chi connectivity index (χ1v) is 3.78. The largest absolute Gasteiger partial charge is 0.264 e. The number of thioether (sulfide) groups is 1. The highest BCUT2D eigenvalue weighted by molar-refractivity contribution is 8.03. The normalized spacial score (nSPS) is 37.3. The van der Waals surface area contributed by atoms with Gasteiger partial charge in [-0.3, -0.25) is 4.99 Å². The molecule has 2 nitrogen and oxygen atoms in total. The lowest BCUT2D eigenvalue weighted by atomic mass is 10.2. The van der Waals surface area contributed by atoms with E-state index in [2.05, 4.69) is 21.5 Å². The molecule has 0 bridgehead atoms. The Balaban J connectivity index is 2.25. The summed E-state index contributed by atoms with van der Waals surface area (Å²) in [7, 11) is 0. The van der Waals surface area contributed by atoms with E-state index in [4.69, 9.17) is 0 Å². The fourth-order valence-corrected chi connectivity index (χ4v) is 1.80. The summed E-state index contributed by atoms with van der Waals surface area (Å²) in [6, 6.07) is 0.368. The second-order valence-corrected chi connectivity index (χ2v) is 3.07. The number of aliphatic imine (C=N–C) groups is 2. The van der Waals surface area contributed by atoms with Gasteiger partial charge in [-0.2, -0.15) is 0 Å². The first kappa shape index (κ1) is 5.23. The van der Waals surface area contributed by atoms with Crippen molar-refractivity contribution in [1.82, 2.24) is 0 Å². The molecule has 0 saturated heterocycles. The van der Waals surface area contributed by atoms with Crippen LogP contribution in [0.4, 0.5) is 0 Å². The van der Waals surface area contributed by atoms with Crippen LogP contribution in [0.15, 0.2) is 21.5 Å². The van der Waals surface area contributed by atoms with Crippen molar-refractivity contribution < 1.29 is 0 Å². The van der Waals surface area contributed by atoms with Gasteiger partial charge in [-0.1, -0.05) is 6.08 Å². The maximum Gasteiger partial charge on any atom is 0.110 e. The molecule has 0 aromatic carbocycles. The maximum atomic E-state index is 4.16. The lowest BCUT2D eigenvalue weighted by Gasteiger charge is -2.10. The van der Waals surface area contributed by atoms with Crippen LogP contribution >= 0.6 is 11.8 Å². The summed E-state index contributed by atoms with van der Waals surface area (Å²) in [6.07, 6.45) is 5.68. The van der Waals surface area contributed by atoms with Gasteiger partial charge in [0.1, 0.15) is 6.34 Å². The van der Waals surface area contributed by atoms with E-state index in [-0.39, 0.29) is 0 Å². The molecule has 2 aliphatic heterocycles. The van der Waals surface area contributed by atoms with Crippen molar-refractivity contribution >= 4 is 24.3 Å². The average Bonchev–Trinajstić information content (AvgIpc) is 2.33. The molecule has 9 heavy (non-hydrogen) atoms. The minimum atomic E-state index is 0.368. The predicted octanol–water partition coefficient (Wildman–Crippen LogP) is 1.10. The SMILES string of the molecule is C1=CC2N=CN=CC2S1. The van der Waals surface area contributed by atoms with Crippen molar-refractivity contribution in [3.05, 3.63) is 11.5 Å². The second kappa shape index (κ2) is 1.99. The average molecular weight is 138 g/mol. The van der Waals surface area contributed by atoms with Crippen molar-refractivity contribution in [2.45, 2.75) is 11.3 Å². The van der Waals surface area contributed by atoms with Crippen molar-refractivity contribution in [3.63, 3.8) is 0 Å². The molecular formula is C6H6N2S. The lowest BCUT2D eigenvalue weighted by molar-refractivity contribution is 0.892. The third-order valence-corrected chi connectivity index (χ3v) is 2.42. The molecule has 0 aromatic heterocycles. The van der Waals surface area contributed by atoms with Crippen LogP contribution in [0.25, 0.3) is 0 Å². The molecule has 0 fully saturated rings. The summed E-state index contributed by atoms with van der Waals surface area (Å²) in [5.41, 5.74) is 0. The molecular weight excluding hydrogens is 132 g/mol. The fraction of sp³-hybridized carbons (Fsp3) is 0.333. The summed E-state index contributed by atoms with van der Waals surface area (Å²) >= 11 is 1.78. The number of nitrogens with zero attached hydrogens (tertiary/aromatic N) is 2. The summed E-state index contributed by atoms with van der Waals surface area (Å²) in [4.78, 5) is 8.10. The van der Waals surface area contributed by atoms with Crippen molar-refractivity contribution in [3.8, 4) is 0 Å². The van der Waals surface area contributed by atoms with Gasteiger partial charge in [-0.05, 0) is 5.41 Å². The summed E-state index contributed by atoms with van der Waals surface area (Å²) in [5.74, 6) is 0. The van der Waals surface area contributed by atoms with Gasteiger partial charge in [0.2, 0.25) is 0 Å². The van der Waals surface area contributed by atoms with E-state index >= 15 is 0 Å². The van der Waals surface area contributed by atoms with Crippen molar-refractivity contribution in [1.29, 1.82) is 0 Å². The van der Waals surface area contributed by atoms with Gasteiger partial charge in [0.05, 0.1) is 11.3 Å². The monoisotopic (exact) mass is 138 g/mol. The van der Waals surface area contributed by atoms with Gasteiger partial charge < -0.3 is 0 Å². The Kier molecular flexibility index (Phi) is 1.16. The van der Waals surface area contributed by atoms with Crippen LogP contribution in [0.3, 0.4) is 0 Å². The minimum absolute atomic E-state index is 0.368. The Morgan fingerprint density at radius 3 is 3.33 bits per heavy atom. The van der Waals surface area contributed by atoms with Gasteiger partial charge in [-0.15, -0.1) is 11.8 Å². The Morgan fingerprint density at radius 1 is 1.44 bits per heavy atom. The van der Waals surface area contributed by atoms with E-state index in [9.17, 15) is 0 Å². The molecule has 0 aromatic rings. The number of hydrogen-bond acceptors (Lipinski definition) is 3. The van der Waals surface area contributed by atoms with Gasteiger partial charge in [0.25, 0.3) is 0 Å². The quantitative estimate of drug-likeness (QED) is 0.492. The number of rotatable bonds is 0. The zero-order valence-corrected chi connectivity index (χ0v) is 5.58. The molecule has 2 heterocycles. The predicted molar refractivity (Wildman–Crippen MR) is 41.3 cm³/mol. The standard InChI is InChI=1S/C6H6N2S/c1-2-9-6-3-7-4-8-5(1)6/h1-6H. The molecule has 2 unspecified atom stereocenters. The molecule has 46 valence electrons. The van der Waals surface area contributed by atoms with Crippen LogP contribution in [-0.4, -0.2) is 23.8 Å². The van der Waals surface area contributed by atoms with E-state index < -0.39 is 0 Å². The summed E-state index contributed by atoms with van der Waals surface area (Å²) in [5, 5.41) is 2.57. The third kappa shape index (κ3) is 0.812. The van der Waals surface area contributed by atoms with Crippen LogP contribution in [0.5, 0.6) is 0 Å². The summed E-state index contributed by atoms with van der Waals surface area (Å²) < 4.78 is 0. The molecule has 3 heteroatoms.